The minimum atomic E-state index is 0.127. The highest BCUT2D eigenvalue weighted by Crippen LogP contribution is 2.38. The molecular weight excluding hydrogens is 315 g/mol. The fraction of sp³-hybridized carbons (Fsp3) is 0.214. The lowest BCUT2D eigenvalue weighted by Gasteiger charge is -2.12. The van der Waals surface area contributed by atoms with Crippen molar-refractivity contribution in [3.63, 3.8) is 0 Å². The highest BCUT2D eigenvalue weighted by Gasteiger charge is 2.17. The number of ether oxygens (including phenoxy) is 2. The van der Waals surface area contributed by atoms with E-state index >= 15 is 0 Å². The zero-order valence-electron chi connectivity index (χ0n) is 11.1. The van der Waals surface area contributed by atoms with Crippen molar-refractivity contribution in [2.75, 3.05) is 12.1 Å². The summed E-state index contributed by atoms with van der Waals surface area (Å²) in [4.78, 5) is 3.99. The summed E-state index contributed by atoms with van der Waals surface area (Å²) in [5.74, 6) is 1.28. The van der Waals surface area contributed by atoms with Gasteiger partial charge in [0, 0.05) is 18.2 Å². The van der Waals surface area contributed by atoms with E-state index in [1.807, 2.05) is 6.92 Å². The molecule has 1 aromatic carbocycles. The number of anilines is 1. The van der Waals surface area contributed by atoms with E-state index in [0.29, 0.717) is 39.6 Å². The Kier molecular flexibility index (Phi) is 3.69. The number of hydrogen-bond acceptors (Lipinski definition) is 5. The number of aromatic hydroxyl groups is 1. The molecule has 0 fully saturated rings. The first-order valence-corrected chi connectivity index (χ1v) is 6.98. The minimum Gasteiger partial charge on any atom is -0.507 e. The summed E-state index contributed by atoms with van der Waals surface area (Å²) in [5, 5.41) is 13.8. The molecule has 1 aliphatic heterocycles. The predicted molar refractivity (Wildman–Crippen MR) is 80.6 cm³/mol. The number of fused-ring (bicyclic) bond motifs is 1. The second-order valence-corrected chi connectivity index (χ2v) is 5.36. The molecular formula is C14H12Cl2N2O3. The second kappa shape index (κ2) is 5.50. The van der Waals surface area contributed by atoms with Gasteiger partial charge in [0.1, 0.15) is 10.9 Å². The van der Waals surface area contributed by atoms with Gasteiger partial charge in [-0.15, -0.1) is 0 Å². The fourth-order valence-corrected chi connectivity index (χ4v) is 2.70. The molecule has 1 aliphatic rings. The van der Waals surface area contributed by atoms with Gasteiger partial charge in [-0.1, -0.05) is 23.2 Å². The first-order valence-electron chi connectivity index (χ1n) is 6.22. The van der Waals surface area contributed by atoms with Crippen LogP contribution in [0.1, 0.15) is 11.1 Å². The van der Waals surface area contributed by atoms with Crippen LogP contribution in [0.5, 0.6) is 17.2 Å². The molecule has 0 saturated carbocycles. The van der Waals surface area contributed by atoms with Crippen molar-refractivity contribution >= 4 is 28.9 Å². The van der Waals surface area contributed by atoms with Crippen LogP contribution in [0.25, 0.3) is 0 Å². The van der Waals surface area contributed by atoms with Gasteiger partial charge in [0.25, 0.3) is 0 Å². The number of phenolic OH excluding ortho intramolecular Hbond substituents is 1. The first-order chi connectivity index (χ1) is 10.0. The molecule has 0 bridgehead atoms. The van der Waals surface area contributed by atoms with E-state index in [1.54, 1.807) is 12.1 Å². The molecule has 2 aromatic rings. The number of phenols is 1. The van der Waals surface area contributed by atoms with Crippen molar-refractivity contribution in [3.05, 3.63) is 39.6 Å². The highest BCUT2D eigenvalue weighted by molar-refractivity contribution is 6.34. The van der Waals surface area contributed by atoms with Gasteiger partial charge in [-0.3, -0.25) is 0 Å². The Balaban J connectivity index is 1.83. The molecule has 0 unspecified atom stereocenters. The summed E-state index contributed by atoms with van der Waals surface area (Å²) in [6.45, 7) is 2.41. The number of benzene rings is 1. The van der Waals surface area contributed by atoms with Crippen LogP contribution in [0, 0.1) is 6.92 Å². The minimum absolute atomic E-state index is 0.127. The topological polar surface area (TPSA) is 63.6 Å². The van der Waals surface area contributed by atoms with Gasteiger partial charge in [0.15, 0.2) is 16.7 Å². The zero-order chi connectivity index (χ0) is 15.0. The lowest BCUT2D eigenvalue weighted by molar-refractivity contribution is 0.174. The highest BCUT2D eigenvalue weighted by atomic mass is 35.5. The van der Waals surface area contributed by atoms with E-state index in [-0.39, 0.29) is 12.5 Å². The summed E-state index contributed by atoms with van der Waals surface area (Å²) in [5.41, 5.74) is 2.23. The lowest BCUT2D eigenvalue weighted by Crippen LogP contribution is -2.03. The molecule has 3 rings (SSSR count). The van der Waals surface area contributed by atoms with Crippen molar-refractivity contribution in [1.29, 1.82) is 0 Å². The Morgan fingerprint density at radius 2 is 1.95 bits per heavy atom. The SMILES string of the molecule is Cc1cc(Cl)nc(Cl)c1NCc1cc2c(cc1O)OCO2. The molecule has 7 heteroatoms. The van der Waals surface area contributed by atoms with E-state index in [1.165, 1.54) is 6.07 Å². The van der Waals surface area contributed by atoms with Gasteiger partial charge in [0.05, 0.1) is 5.69 Å². The molecule has 0 amide bonds. The summed E-state index contributed by atoms with van der Waals surface area (Å²) in [6.07, 6.45) is 0. The number of hydrogen-bond donors (Lipinski definition) is 2. The zero-order valence-corrected chi connectivity index (χ0v) is 12.6. The van der Waals surface area contributed by atoms with E-state index in [2.05, 4.69) is 10.3 Å². The van der Waals surface area contributed by atoms with Gasteiger partial charge in [0.2, 0.25) is 6.79 Å². The van der Waals surface area contributed by atoms with Crippen LogP contribution in [-0.4, -0.2) is 16.9 Å². The van der Waals surface area contributed by atoms with Crippen LogP contribution in [0.2, 0.25) is 10.3 Å². The van der Waals surface area contributed by atoms with Crippen LogP contribution in [0.15, 0.2) is 18.2 Å². The molecule has 2 N–H and O–H groups in total. The maximum Gasteiger partial charge on any atom is 0.231 e. The molecule has 21 heavy (non-hydrogen) atoms. The normalized spacial score (nSPS) is 12.5. The number of nitrogens with zero attached hydrogens (tertiary/aromatic N) is 1. The number of pyridine rings is 1. The second-order valence-electron chi connectivity index (χ2n) is 4.62. The number of nitrogens with one attached hydrogen (secondary N) is 1. The van der Waals surface area contributed by atoms with Crippen LogP contribution in [0.3, 0.4) is 0 Å². The number of aryl methyl sites for hydroxylation is 1. The average Bonchev–Trinajstić information content (AvgIpc) is 2.84. The van der Waals surface area contributed by atoms with Crippen LogP contribution >= 0.6 is 23.2 Å². The van der Waals surface area contributed by atoms with Crippen molar-refractivity contribution in [1.82, 2.24) is 4.98 Å². The van der Waals surface area contributed by atoms with Crippen molar-refractivity contribution in [2.24, 2.45) is 0 Å². The molecule has 0 aliphatic carbocycles. The van der Waals surface area contributed by atoms with Crippen LogP contribution in [0.4, 0.5) is 5.69 Å². The molecule has 2 heterocycles. The van der Waals surface area contributed by atoms with E-state index < -0.39 is 0 Å². The third-order valence-corrected chi connectivity index (χ3v) is 3.64. The Labute approximate surface area is 131 Å². The van der Waals surface area contributed by atoms with Gasteiger partial charge < -0.3 is 19.9 Å². The Hall–Kier alpha value is -1.85. The molecule has 0 saturated heterocycles. The van der Waals surface area contributed by atoms with Gasteiger partial charge >= 0.3 is 0 Å². The van der Waals surface area contributed by atoms with Gasteiger partial charge in [-0.2, -0.15) is 0 Å². The molecule has 1 aromatic heterocycles. The van der Waals surface area contributed by atoms with E-state index in [0.717, 1.165) is 5.56 Å². The van der Waals surface area contributed by atoms with E-state index in [9.17, 15) is 5.11 Å². The monoisotopic (exact) mass is 326 g/mol. The molecule has 0 radical (unpaired) electrons. The van der Waals surface area contributed by atoms with Crippen molar-refractivity contribution in [2.45, 2.75) is 13.5 Å². The number of aromatic nitrogens is 1. The average molecular weight is 327 g/mol. The maximum absolute atomic E-state index is 9.99. The standard InChI is InChI=1S/C14H12Cl2N2O3/c1-7-2-12(15)18-14(16)13(7)17-5-8-3-10-11(4-9(8)19)21-6-20-10/h2-4,17,19H,5-6H2,1H3. The third-order valence-electron chi connectivity index (χ3n) is 3.17. The van der Waals surface area contributed by atoms with Gasteiger partial charge in [-0.05, 0) is 24.6 Å². The number of halogens is 2. The Morgan fingerprint density at radius 1 is 1.24 bits per heavy atom. The van der Waals surface area contributed by atoms with Crippen LogP contribution < -0.4 is 14.8 Å². The number of rotatable bonds is 3. The smallest absolute Gasteiger partial charge is 0.231 e. The summed E-state index contributed by atoms with van der Waals surface area (Å²) in [7, 11) is 0. The maximum atomic E-state index is 9.99. The first kappa shape index (κ1) is 14.1. The predicted octanol–water partition coefficient (Wildman–Crippen LogP) is 3.74. The molecule has 110 valence electrons. The van der Waals surface area contributed by atoms with E-state index in [4.69, 9.17) is 32.7 Å². The largest absolute Gasteiger partial charge is 0.507 e. The molecule has 0 atom stereocenters. The summed E-state index contributed by atoms with van der Waals surface area (Å²) < 4.78 is 10.5. The lowest BCUT2D eigenvalue weighted by atomic mass is 10.1. The molecule has 0 spiro atoms. The summed E-state index contributed by atoms with van der Waals surface area (Å²) >= 11 is 11.9. The van der Waals surface area contributed by atoms with Crippen molar-refractivity contribution < 1.29 is 14.6 Å². The third kappa shape index (κ3) is 2.80. The van der Waals surface area contributed by atoms with Crippen molar-refractivity contribution in [3.8, 4) is 17.2 Å². The quantitative estimate of drug-likeness (QED) is 0.841. The molecule has 5 nitrogen and oxygen atoms in total. The van der Waals surface area contributed by atoms with Gasteiger partial charge in [-0.25, -0.2) is 4.98 Å². The van der Waals surface area contributed by atoms with Crippen LogP contribution in [-0.2, 0) is 6.54 Å². The summed E-state index contributed by atoms with van der Waals surface area (Å²) in [6, 6.07) is 4.99. The Bertz CT molecular complexity index is 684. The fourth-order valence-electron chi connectivity index (χ4n) is 2.11. The Morgan fingerprint density at radius 3 is 2.67 bits per heavy atom.